The number of carboxylic acid groups (broad SMARTS) is 2. The van der Waals surface area contributed by atoms with Crippen molar-refractivity contribution in [2.45, 2.75) is 24.7 Å². The molecule has 0 spiro atoms. The number of nitrogens with zero attached hydrogens (tertiary/aromatic N) is 1. The fourth-order valence-corrected chi connectivity index (χ4v) is 4.09. The van der Waals surface area contributed by atoms with Crippen LogP contribution in [-0.4, -0.2) is 39.4 Å². The minimum absolute atomic E-state index is 0.0105. The van der Waals surface area contributed by atoms with Crippen LogP contribution < -0.4 is 0 Å². The second-order valence-corrected chi connectivity index (χ2v) is 7.65. The van der Waals surface area contributed by atoms with Gasteiger partial charge in [-0.05, 0) is 22.3 Å². The normalized spacial score (nSPS) is 20.5. The van der Waals surface area contributed by atoms with Crippen molar-refractivity contribution in [1.29, 1.82) is 0 Å². The van der Waals surface area contributed by atoms with E-state index in [0.29, 0.717) is 0 Å². The van der Waals surface area contributed by atoms with Crippen molar-refractivity contribution >= 4 is 12.1 Å². The first kappa shape index (κ1) is 20.6. The summed E-state index contributed by atoms with van der Waals surface area (Å²) in [6, 6.07) is 26.9. The minimum atomic E-state index is -1.93. The van der Waals surface area contributed by atoms with E-state index in [1.54, 1.807) is 0 Å². The molecule has 0 radical (unpaired) electrons. The average molecular weight is 417 g/mol. The molecule has 31 heavy (non-hydrogen) atoms. The van der Waals surface area contributed by atoms with Crippen LogP contribution in [0.5, 0.6) is 0 Å². The fourth-order valence-electron chi connectivity index (χ4n) is 4.09. The lowest BCUT2D eigenvalue weighted by atomic mass is 9.93. The number of rotatable bonds is 6. The Labute approximate surface area is 180 Å². The zero-order chi connectivity index (χ0) is 21.8. The number of likely N-dealkylation sites (tertiary alicyclic amines) is 1. The molecule has 0 saturated carbocycles. The Hall–Kier alpha value is -3.64. The minimum Gasteiger partial charge on any atom is -0.478 e. The third kappa shape index (κ3) is 4.15. The highest BCUT2D eigenvalue weighted by Gasteiger charge is 2.55. The Morgan fingerprint density at radius 1 is 0.871 bits per heavy atom. The van der Waals surface area contributed by atoms with Crippen molar-refractivity contribution in [3.63, 3.8) is 0 Å². The second-order valence-electron chi connectivity index (χ2n) is 7.65. The standard InChI is InChI=1S/C25H23NO5/c27-23(28)25(31-17-18-7-3-1-4-8-18)15-22(16-26(25)24(29)30)21-13-11-20(12-14-21)19-9-5-2-6-10-19/h1-14,22H,15-17H2,(H,27,28)(H,29,30). The van der Waals surface area contributed by atoms with E-state index in [1.165, 1.54) is 0 Å². The maximum atomic E-state index is 12.2. The highest BCUT2D eigenvalue weighted by atomic mass is 16.6. The smallest absolute Gasteiger partial charge is 0.410 e. The molecule has 2 atom stereocenters. The number of carboxylic acids is 1. The van der Waals surface area contributed by atoms with Gasteiger partial charge in [-0.3, -0.25) is 4.90 Å². The van der Waals surface area contributed by atoms with E-state index >= 15 is 0 Å². The van der Waals surface area contributed by atoms with Crippen LogP contribution in [0.4, 0.5) is 4.79 Å². The van der Waals surface area contributed by atoms with Crippen molar-refractivity contribution in [2.75, 3.05) is 6.54 Å². The van der Waals surface area contributed by atoms with Gasteiger partial charge in [-0.25, -0.2) is 9.59 Å². The molecule has 158 valence electrons. The Morgan fingerprint density at radius 3 is 2.03 bits per heavy atom. The van der Waals surface area contributed by atoms with Crippen molar-refractivity contribution in [3.05, 3.63) is 96.1 Å². The molecule has 3 aromatic rings. The molecule has 6 nitrogen and oxygen atoms in total. The van der Waals surface area contributed by atoms with Crippen LogP contribution in [0.25, 0.3) is 11.1 Å². The molecule has 2 unspecified atom stereocenters. The summed E-state index contributed by atoms with van der Waals surface area (Å²) in [5.41, 5.74) is 1.87. The molecule has 1 saturated heterocycles. The first-order valence-corrected chi connectivity index (χ1v) is 10.1. The van der Waals surface area contributed by atoms with Gasteiger partial charge in [-0.1, -0.05) is 84.9 Å². The Balaban J connectivity index is 1.59. The number of carbonyl (C=O) groups is 2. The van der Waals surface area contributed by atoms with Crippen LogP contribution in [-0.2, 0) is 16.1 Å². The lowest BCUT2D eigenvalue weighted by Gasteiger charge is -2.32. The van der Waals surface area contributed by atoms with Gasteiger partial charge in [0.1, 0.15) is 0 Å². The molecule has 1 aliphatic heterocycles. The Bertz CT molecular complexity index is 1050. The Kier molecular flexibility index (Phi) is 5.73. The SMILES string of the molecule is O=C(O)N1CC(c2ccc(-c3ccccc3)cc2)CC1(OCc1ccccc1)C(=O)O. The predicted octanol–water partition coefficient (Wildman–Crippen LogP) is 4.82. The van der Waals surface area contributed by atoms with Crippen LogP contribution in [0.1, 0.15) is 23.5 Å². The molecule has 1 aliphatic rings. The molecule has 3 aromatic carbocycles. The zero-order valence-electron chi connectivity index (χ0n) is 16.8. The van der Waals surface area contributed by atoms with E-state index in [1.807, 2.05) is 84.9 Å². The third-order valence-corrected chi connectivity index (χ3v) is 5.74. The van der Waals surface area contributed by atoms with Gasteiger partial charge in [0.15, 0.2) is 0 Å². The molecule has 0 aliphatic carbocycles. The van der Waals surface area contributed by atoms with E-state index in [0.717, 1.165) is 27.2 Å². The van der Waals surface area contributed by atoms with Crippen molar-refractivity contribution in [1.82, 2.24) is 4.90 Å². The van der Waals surface area contributed by atoms with Gasteiger partial charge < -0.3 is 14.9 Å². The van der Waals surface area contributed by atoms with Crippen LogP contribution in [0.15, 0.2) is 84.9 Å². The molecule has 1 heterocycles. The van der Waals surface area contributed by atoms with Gasteiger partial charge in [-0.15, -0.1) is 0 Å². The predicted molar refractivity (Wildman–Crippen MR) is 116 cm³/mol. The van der Waals surface area contributed by atoms with E-state index < -0.39 is 17.8 Å². The summed E-state index contributed by atoms with van der Waals surface area (Å²) in [7, 11) is 0. The van der Waals surface area contributed by atoms with Gasteiger partial charge in [0, 0.05) is 18.9 Å². The first-order chi connectivity index (χ1) is 15.0. The monoisotopic (exact) mass is 417 g/mol. The number of amides is 1. The number of aliphatic carboxylic acids is 1. The van der Waals surface area contributed by atoms with E-state index in [9.17, 15) is 19.8 Å². The summed E-state index contributed by atoms with van der Waals surface area (Å²) in [6.07, 6.45) is -1.26. The quantitative estimate of drug-likeness (QED) is 0.601. The largest absolute Gasteiger partial charge is 0.478 e. The summed E-state index contributed by atoms with van der Waals surface area (Å²) >= 11 is 0. The van der Waals surface area contributed by atoms with Crippen molar-refractivity contribution < 1.29 is 24.5 Å². The van der Waals surface area contributed by atoms with Gasteiger partial charge in [0.2, 0.25) is 5.72 Å². The van der Waals surface area contributed by atoms with Gasteiger partial charge in [0.25, 0.3) is 0 Å². The lowest BCUT2D eigenvalue weighted by molar-refractivity contribution is -0.188. The Morgan fingerprint density at radius 2 is 1.45 bits per heavy atom. The number of benzene rings is 3. The number of hydrogen-bond donors (Lipinski definition) is 2. The summed E-state index contributed by atoms with van der Waals surface area (Å²) in [4.78, 5) is 25.1. The third-order valence-electron chi connectivity index (χ3n) is 5.74. The fraction of sp³-hybridized carbons (Fsp3) is 0.200. The van der Waals surface area contributed by atoms with Crippen LogP contribution in [0.2, 0.25) is 0 Å². The van der Waals surface area contributed by atoms with Crippen LogP contribution >= 0.6 is 0 Å². The topological polar surface area (TPSA) is 87.1 Å². The van der Waals surface area contributed by atoms with E-state index in [4.69, 9.17) is 4.74 Å². The second kappa shape index (κ2) is 8.62. The zero-order valence-corrected chi connectivity index (χ0v) is 16.8. The van der Waals surface area contributed by atoms with Crippen molar-refractivity contribution in [3.8, 4) is 11.1 Å². The number of hydrogen-bond acceptors (Lipinski definition) is 3. The first-order valence-electron chi connectivity index (χ1n) is 10.1. The lowest BCUT2D eigenvalue weighted by Crippen LogP contribution is -2.54. The summed E-state index contributed by atoms with van der Waals surface area (Å²) in [6.45, 7) is 0.0672. The van der Waals surface area contributed by atoms with Crippen LogP contribution in [0, 0.1) is 0 Å². The summed E-state index contributed by atoms with van der Waals surface area (Å²) in [5.74, 6) is -1.58. The van der Waals surface area contributed by atoms with Crippen molar-refractivity contribution in [2.24, 2.45) is 0 Å². The van der Waals surface area contributed by atoms with Gasteiger partial charge in [-0.2, -0.15) is 0 Å². The molecule has 0 bridgehead atoms. The highest BCUT2D eigenvalue weighted by Crippen LogP contribution is 2.41. The van der Waals surface area contributed by atoms with E-state index in [-0.39, 0.29) is 25.5 Å². The summed E-state index contributed by atoms with van der Waals surface area (Å²) in [5, 5.41) is 19.7. The molecule has 2 N–H and O–H groups in total. The molecule has 0 aromatic heterocycles. The maximum absolute atomic E-state index is 12.2. The maximum Gasteiger partial charge on any atom is 0.410 e. The number of ether oxygens (including phenoxy) is 1. The molecule has 4 rings (SSSR count). The average Bonchev–Trinajstić information content (AvgIpc) is 3.21. The van der Waals surface area contributed by atoms with Gasteiger partial charge >= 0.3 is 12.1 Å². The molecular weight excluding hydrogens is 394 g/mol. The molecule has 6 heteroatoms. The molecule has 1 amide bonds. The van der Waals surface area contributed by atoms with E-state index in [2.05, 4.69) is 0 Å². The molecule has 1 fully saturated rings. The summed E-state index contributed by atoms with van der Waals surface area (Å²) < 4.78 is 5.80. The molecular formula is C25H23NO5. The van der Waals surface area contributed by atoms with Crippen LogP contribution in [0.3, 0.4) is 0 Å². The highest BCUT2D eigenvalue weighted by molar-refractivity contribution is 5.83. The van der Waals surface area contributed by atoms with Gasteiger partial charge in [0.05, 0.1) is 6.61 Å².